The highest BCUT2D eigenvalue weighted by Crippen LogP contribution is 2.47. The van der Waals surface area contributed by atoms with Crippen molar-refractivity contribution in [3.05, 3.63) is 46.0 Å². The number of hydrogen-bond donors (Lipinski definition) is 1. The van der Waals surface area contributed by atoms with E-state index in [-0.39, 0.29) is 0 Å². The van der Waals surface area contributed by atoms with Gasteiger partial charge in [0.2, 0.25) is 0 Å². The Bertz CT molecular complexity index is 502. The molecule has 1 fully saturated rings. The Balaban J connectivity index is 1.55. The van der Waals surface area contributed by atoms with E-state index >= 15 is 0 Å². The average Bonchev–Trinajstić information content (AvgIpc) is 2.87. The minimum atomic E-state index is 0.387. The fraction of sp³-hybridized carbons (Fsp3) is 0.467. The van der Waals surface area contributed by atoms with E-state index < -0.39 is 0 Å². The van der Waals surface area contributed by atoms with Crippen molar-refractivity contribution >= 4 is 11.3 Å². The summed E-state index contributed by atoms with van der Waals surface area (Å²) in [5, 5.41) is 5.62. The molecule has 2 unspecified atom stereocenters. The Morgan fingerprint density at radius 1 is 1.44 bits per heavy atom. The van der Waals surface area contributed by atoms with Crippen molar-refractivity contribution in [3.63, 3.8) is 0 Å². The predicted molar refractivity (Wildman–Crippen MR) is 74.8 cm³/mol. The Kier molecular flexibility index (Phi) is 3.27. The van der Waals surface area contributed by atoms with Gasteiger partial charge >= 0.3 is 0 Å². The van der Waals surface area contributed by atoms with Gasteiger partial charge in [0.15, 0.2) is 0 Å². The molecule has 96 valence electrons. The molecule has 0 aromatic carbocycles. The Morgan fingerprint density at radius 2 is 2.28 bits per heavy atom. The van der Waals surface area contributed by atoms with Gasteiger partial charge in [-0.1, -0.05) is 13.0 Å². The number of furan rings is 1. The molecule has 1 saturated carbocycles. The minimum Gasteiger partial charge on any atom is -0.464 e. The second kappa shape index (κ2) is 4.90. The van der Waals surface area contributed by atoms with Gasteiger partial charge in [-0.3, -0.25) is 0 Å². The molecule has 1 aliphatic carbocycles. The lowest BCUT2D eigenvalue weighted by molar-refractivity contribution is 0.431. The zero-order valence-corrected chi connectivity index (χ0v) is 11.7. The zero-order chi connectivity index (χ0) is 12.5. The first-order valence-electron chi connectivity index (χ1n) is 6.59. The number of thiophene rings is 1. The molecule has 0 bridgehead atoms. The molecular weight excluding hydrogens is 242 g/mol. The smallest absolute Gasteiger partial charge is 0.117 e. The van der Waals surface area contributed by atoms with Crippen LogP contribution in [0.4, 0.5) is 0 Å². The van der Waals surface area contributed by atoms with Crippen molar-refractivity contribution in [1.29, 1.82) is 0 Å². The lowest BCUT2D eigenvalue weighted by atomic mass is 10.2. The topological polar surface area (TPSA) is 25.2 Å². The molecule has 2 aromatic rings. The van der Waals surface area contributed by atoms with Crippen molar-refractivity contribution < 1.29 is 4.42 Å². The SMILES string of the molecule is CC1CC1c1ccc(CN[C@@H](C)c2cccs2)o1. The first kappa shape index (κ1) is 12.0. The Labute approximate surface area is 112 Å². The van der Waals surface area contributed by atoms with Gasteiger partial charge < -0.3 is 9.73 Å². The number of rotatable bonds is 5. The molecule has 3 atom stereocenters. The second-order valence-corrected chi connectivity index (χ2v) is 6.22. The van der Waals surface area contributed by atoms with Crippen molar-refractivity contribution in [1.82, 2.24) is 5.32 Å². The Morgan fingerprint density at radius 3 is 2.94 bits per heavy atom. The largest absolute Gasteiger partial charge is 0.464 e. The van der Waals surface area contributed by atoms with Crippen LogP contribution in [0.5, 0.6) is 0 Å². The van der Waals surface area contributed by atoms with Crippen LogP contribution in [0.15, 0.2) is 34.1 Å². The monoisotopic (exact) mass is 261 g/mol. The summed E-state index contributed by atoms with van der Waals surface area (Å²) in [7, 11) is 0. The third-order valence-electron chi connectivity index (χ3n) is 3.71. The third kappa shape index (κ3) is 2.52. The van der Waals surface area contributed by atoms with E-state index in [4.69, 9.17) is 4.42 Å². The number of nitrogens with one attached hydrogen (secondary N) is 1. The van der Waals surface area contributed by atoms with E-state index in [2.05, 4.69) is 48.8 Å². The van der Waals surface area contributed by atoms with Gasteiger partial charge in [0, 0.05) is 16.8 Å². The molecule has 0 amide bonds. The van der Waals surface area contributed by atoms with Gasteiger partial charge in [-0.25, -0.2) is 0 Å². The predicted octanol–water partition coefficient (Wildman–Crippen LogP) is 4.32. The van der Waals surface area contributed by atoms with E-state index in [9.17, 15) is 0 Å². The van der Waals surface area contributed by atoms with Gasteiger partial charge in [-0.05, 0) is 42.8 Å². The first-order chi connectivity index (χ1) is 8.74. The van der Waals surface area contributed by atoms with Crippen LogP contribution in [0, 0.1) is 5.92 Å². The normalized spacial score (nSPS) is 24.1. The van der Waals surface area contributed by atoms with E-state index in [0.717, 1.165) is 18.2 Å². The first-order valence-corrected chi connectivity index (χ1v) is 7.47. The fourth-order valence-corrected chi connectivity index (χ4v) is 3.06. The molecule has 2 heterocycles. The van der Waals surface area contributed by atoms with Crippen LogP contribution in [-0.4, -0.2) is 0 Å². The van der Waals surface area contributed by atoms with Crippen LogP contribution in [0.3, 0.4) is 0 Å². The minimum absolute atomic E-state index is 0.387. The van der Waals surface area contributed by atoms with Crippen molar-refractivity contribution in [3.8, 4) is 0 Å². The molecule has 18 heavy (non-hydrogen) atoms. The molecule has 0 aliphatic heterocycles. The van der Waals surface area contributed by atoms with Gasteiger partial charge in [0.1, 0.15) is 11.5 Å². The molecule has 0 saturated heterocycles. The van der Waals surface area contributed by atoms with Crippen LogP contribution >= 0.6 is 11.3 Å². The molecule has 2 aromatic heterocycles. The van der Waals surface area contributed by atoms with Gasteiger partial charge in [-0.15, -0.1) is 11.3 Å². The van der Waals surface area contributed by atoms with Crippen molar-refractivity contribution in [2.45, 2.75) is 38.8 Å². The molecule has 0 radical (unpaired) electrons. The maximum atomic E-state index is 5.89. The van der Waals surface area contributed by atoms with E-state index in [1.54, 1.807) is 11.3 Å². The molecule has 3 heteroatoms. The molecule has 1 aliphatic rings. The van der Waals surface area contributed by atoms with Crippen molar-refractivity contribution in [2.24, 2.45) is 5.92 Å². The Hall–Kier alpha value is -1.06. The second-order valence-electron chi connectivity index (χ2n) is 5.24. The highest BCUT2D eigenvalue weighted by Gasteiger charge is 2.36. The summed E-state index contributed by atoms with van der Waals surface area (Å²) in [6.45, 7) is 5.28. The lowest BCUT2D eigenvalue weighted by Crippen LogP contribution is -2.16. The van der Waals surface area contributed by atoms with Gasteiger partial charge in [-0.2, -0.15) is 0 Å². The number of hydrogen-bond acceptors (Lipinski definition) is 3. The van der Waals surface area contributed by atoms with Gasteiger partial charge in [0.25, 0.3) is 0 Å². The molecule has 1 N–H and O–H groups in total. The third-order valence-corrected chi connectivity index (χ3v) is 4.76. The summed E-state index contributed by atoms with van der Waals surface area (Å²) in [6, 6.07) is 8.90. The van der Waals surface area contributed by atoms with E-state index in [1.807, 2.05) is 0 Å². The van der Waals surface area contributed by atoms with Crippen LogP contribution in [0.1, 0.15) is 48.6 Å². The highest BCUT2D eigenvalue weighted by molar-refractivity contribution is 7.10. The summed E-state index contributed by atoms with van der Waals surface area (Å²) < 4.78 is 5.89. The molecule has 2 nitrogen and oxygen atoms in total. The maximum absolute atomic E-state index is 5.89. The quantitative estimate of drug-likeness (QED) is 0.867. The van der Waals surface area contributed by atoms with Crippen LogP contribution in [0.25, 0.3) is 0 Å². The zero-order valence-electron chi connectivity index (χ0n) is 10.8. The fourth-order valence-electron chi connectivity index (χ4n) is 2.30. The highest BCUT2D eigenvalue weighted by atomic mass is 32.1. The summed E-state index contributed by atoms with van der Waals surface area (Å²) in [6.07, 6.45) is 1.28. The summed E-state index contributed by atoms with van der Waals surface area (Å²) >= 11 is 1.79. The van der Waals surface area contributed by atoms with Crippen LogP contribution < -0.4 is 5.32 Å². The van der Waals surface area contributed by atoms with E-state index in [1.165, 1.54) is 17.1 Å². The van der Waals surface area contributed by atoms with Crippen LogP contribution in [-0.2, 0) is 6.54 Å². The molecular formula is C15H19NOS. The summed E-state index contributed by atoms with van der Waals surface area (Å²) in [4.78, 5) is 1.37. The standard InChI is InChI=1S/C15H19NOS/c1-10-8-13(10)14-6-5-12(17-14)9-16-11(2)15-4-3-7-18-15/h3-7,10-11,13,16H,8-9H2,1-2H3/t10?,11-,13?/m0/s1. The maximum Gasteiger partial charge on any atom is 0.117 e. The van der Waals surface area contributed by atoms with Crippen LogP contribution in [0.2, 0.25) is 0 Å². The summed E-state index contributed by atoms with van der Waals surface area (Å²) in [5.41, 5.74) is 0. The van der Waals surface area contributed by atoms with Gasteiger partial charge in [0.05, 0.1) is 6.54 Å². The molecule has 3 rings (SSSR count). The lowest BCUT2D eigenvalue weighted by Gasteiger charge is -2.10. The van der Waals surface area contributed by atoms with E-state index in [0.29, 0.717) is 12.0 Å². The molecule has 0 spiro atoms. The van der Waals surface area contributed by atoms with Crippen molar-refractivity contribution in [2.75, 3.05) is 0 Å². The summed E-state index contributed by atoms with van der Waals surface area (Å²) in [5.74, 6) is 3.70. The average molecular weight is 261 g/mol.